The summed E-state index contributed by atoms with van der Waals surface area (Å²) in [5, 5.41) is 3.18. The average Bonchev–Trinajstić information content (AvgIpc) is 2.74. The van der Waals surface area contributed by atoms with Crippen molar-refractivity contribution in [3.8, 4) is 0 Å². The van der Waals surface area contributed by atoms with Gasteiger partial charge in [0, 0.05) is 42.9 Å². The molecule has 0 aliphatic carbocycles. The van der Waals surface area contributed by atoms with Crippen molar-refractivity contribution in [3.05, 3.63) is 65.0 Å². The Morgan fingerprint density at radius 3 is 2.40 bits per heavy atom. The number of piperazine rings is 1. The van der Waals surface area contributed by atoms with Crippen LogP contribution in [0.25, 0.3) is 0 Å². The van der Waals surface area contributed by atoms with Crippen molar-refractivity contribution in [1.82, 2.24) is 19.3 Å². The van der Waals surface area contributed by atoms with E-state index in [1.165, 1.54) is 4.31 Å². The van der Waals surface area contributed by atoms with Gasteiger partial charge in [0.1, 0.15) is 23.3 Å². The number of anilines is 3. The second-order valence-electron chi connectivity index (χ2n) is 6.82. The van der Waals surface area contributed by atoms with Gasteiger partial charge >= 0.3 is 0 Å². The molecule has 3 aromatic rings. The first-order valence-corrected chi connectivity index (χ1v) is 11.7. The number of rotatable bonds is 5. The Bertz CT molecular complexity index is 1140. The molecule has 1 fully saturated rings. The van der Waals surface area contributed by atoms with Crippen molar-refractivity contribution >= 4 is 43.4 Å². The minimum Gasteiger partial charge on any atom is -0.354 e. The lowest BCUT2D eigenvalue weighted by atomic mass is 10.3. The number of aryl methyl sites for hydroxylation is 1. The lowest BCUT2D eigenvalue weighted by Crippen LogP contribution is -2.49. The summed E-state index contributed by atoms with van der Waals surface area (Å²) in [5.41, 5.74) is 0. The Labute approximate surface area is 184 Å². The summed E-state index contributed by atoms with van der Waals surface area (Å²) in [5.74, 6) is 2.75. The van der Waals surface area contributed by atoms with Gasteiger partial charge in [0.05, 0.1) is 4.90 Å². The van der Waals surface area contributed by atoms with E-state index in [0.717, 1.165) is 5.82 Å². The molecule has 0 amide bonds. The van der Waals surface area contributed by atoms with Crippen LogP contribution in [0.2, 0.25) is 0 Å². The maximum Gasteiger partial charge on any atom is 0.244 e. The Kier molecular flexibility index (Phi) is 5.98. The van der Waals surface area contributed by atoms with E-state index in [2.05, 4.69) is 41.1 Å². The second-order valence-corrected chi connectivity index (χ2v) is 9.58. The quantitative estimate of drug-likeness (QED) is 0.589. The highest BCUT2D eigenvalue weighted by molar-refractivity contribution is 9.10. The van der Waals surface area contributed by atoms with E-state index in [1.807, 2.05) is 31.2 Å². The fraction of sp³-hybridized carbons (Fsp3) is 0.250. The minimum absolute atomic E-state index is 0.290. The van der Waals surface area contributed by atoms with Crippen LogP contribution in [0.1, 0.15) is 5.82 Å². The van der Waals surface area contributed by atoms with E-state index in [9.17, 15) is 8.42 Å². The smallest absolute Gasteiger partial charge is 0.244 e. The fourth-order valence-corrected chi connectivity index (χ4v) is 5.68. The second kappa shape index (κ2) is 8.66. The molecule has 1 N–H and O–H groups in total. The van der Waals surface area contributed by atoms with Crippen LogP contribution in [-0.2, 0) is 10.0 Å². The predicted molar refractivity (Wildman–Crippen MR) is 119 cm³/mol. The lowest BCUT2D eigenvalue weighted by molar-refractivity contribution is 0.383. The monoisotopic (exact) mass is 488 g/mol. The zero-order valence-corrected chi connectivity index (χ0v) is 18.8. The van der Waals surface area contributed by atoms with Gasteiger partial charge in [0.15, 0.2) is 0 Å². The van der Waals surface area contributed by atoms with Gasteiger partial charge in [-0.1, -0.05) is 18.2 Å². The third kappa shape index (κ3) is 4.45. The van der Waals surface area contributed by atoms with Crippen molar-refractivity contribution in [2.75, 3.05) is 36.4 Å². The first-order chi connectivity index (χ1) is 14.4. The van der Waals surface area contributed by atoms with E-state index in [4.69, 9.17) is 0 Å². The summed E-state index contributed by atoms with van der Waals surface area (Å²) in [4.78, 5) is 15.6. The zero-order chi connectivity index (χ0) is 21.1. The molecule has 0 bridgehead atoms. The summed E-state index contributed by atoms with van der Waals surface area (Å²) in [6.45, 7) is 3.69. The van der Waals surface area contributed by atoms with Gasteiger partial charge < -0.3 is 10.2 Å². The summed E-state index contributed by atoms with van der Waals surface area (Å²) < 4.78 is 28.1. The van der Waals surface area contributed by atoms with Crippen molar-refractivity contribution in [1.29, 1.82) is 0 Å². The maximum atomic E-state index is 13.0. The molecule has 156 valence electrons. The molecule has 1 saturated heterocycles. The largest absolute Gasteiger partial charge is 0.354 e. The first kappa shape index (κ1) is 20.7. The molecule has 1 aromatic carbocycles. The molecule has 2 aromatic heterocycles. The van der Waals surface area contributed by atoms with Crippen molar-refractivity contribution < 1.29 is 8.42 Å². The van der Waals surface area contributed by atoms with Gasteiger partial charge in [-0.05, 0) is 47.1 Å². The molecular weight excluding hydrogens is 468 g/mol. The Balaban J connectivity index is 1.48. The highest BCUT2D eigenvalue weighted by Gasteiger charge is 2.30. The molecule has 0 spiro atoms. The summed E-state index contributed by atoms with van der Waals surface area (Å²) in [6, 6.07) is 14.4. The van der Waals surface area contributed by atoms with Crippen LogP contribution in [0.5, 0.6) is 0 Å². The van der Waals surface area contributed by atoms with Gasteiger partial charge in [-0.3, -0.25) is 0 Å². The molecule has 0 unspecified atom stereocenters. The number of aromatic nitrogens is 3. The maximum absolute atomic E-state index is 13.0. The first-order valence-electron chi connectivity index (χ1n) is 9.47. The summed E-state index contributed by atoms with van der Waals surface area (Å²) >= 11 is 3.35. The zero-order valence-electron chi connectivity index (χ0n) is 16.4. The van der Waals surface area contributed by atoms with Crippen LogP contribution in [0, 0.1) is 6.92 Å². The van der Waals surface area contributed by atoms with Crippen molar-refractivity contribution in [2.24, 2.45) is 0 Å². The van der Waals surface area contributed by atoms with Crippen LogP contribution in [0.3, 0.4) is 0 Å². The third-order valence-corrected chi connectivity index (χ3v) is 7.67. The molecule has 1 aliphatic rings. The van der Waals surface area contributed by atoms with E-state index < -0.39 is 10.0 Å². The minimum atomic E-state index is -3.55. The standard InChI is InChI=1S/C20H21BrN6O2S/c1-15-23-19(25-18-8-4-5-9-22-18)14-20(24-15)26-10-12-27(13-11-26)30(28,29)17-7-3-2-6-16(17)21/h2-9,14H,10-13H2,1H3,(H,22,23,24,25). The van der Waals surface area contributed by atoms with Gasteiger partial charge in [-0.2, -0.15) is 4.31 Å². The highest BCUT2D eigenvalue weighted by atomic mass is 79.9. The van der Waals surface area contributed by atoms with E-state index in [0.29, 0.717) is 48.1 Å². The van der Waals surface area contributed by atoms with E-state index >= 15 is 0 Å². The molecule has 0 saturated carbocycles. The highest BCUT2D eigenvalue weighted by Crippen LogP contribution is 2.26. The molecule has 10 heteroatoms. The number of hydrogen-bond donors (Lipinski definition) is 1. The van der Waals surface area contributed by atoms with Gasteiger partial charge in [0.2, 0.25) is 10.0 Å². The molecular formula is C20H21BrN6O2S. The van der Waals surface area contributed by atoms with E-state index in [-0.39, 0.29) is 4.90 Å². The Hall–Kier alpha value is -2.56. The van der Waals surface area contributed by atoms with Crippen LogP contribution >= 0.6 is 15.9 Å². The van der Waals surface area contributed by atoms with Crippen LogP contribution < -0.4 is 10.2 Å². The molecule has 4 rings (SSSR count). The molecule has 30 heavy (non-hydrogen) atoms. The Morgan fingerprint density at radius 1 is 0.967 bits per heavy atom. The lowest BCUT2D eigenvalue weighted by Gasteiger charge is -2.35. The molecule has 8 nitrogen and oxygen atoms in total. The number of nitrogens with one attached hydrogen (secondary N) is 1. The molecule has 3 heterocycles. The topological polar surface area (TPSA) is 91.3 Å². The van der Waals surface area contributed by atoms with Crippen LogP contribution in [-0.4, -0.2) is 53.9 Å². The van der Waals surface area contributed by atoms with Crippen molar-refractivity contribution in [3.63, 3.8) is 0 Å². The van der Waals surface area contributed by atoms with Crippen molar-refractivity contribution in [2.45, 2.75) is 11.8 Å². The predicted octanol–water partition coefficient (Wildman–Crippen LogP) is 3.20. The normalized spacial score (nSPS) is 15.2. The number of sulfonamides is 1. The number of nitrogens with zero attached hydrogens (tertiary/aromatic N) is 5. The Morgan fingerprint density at radius 2 is 1.70 bits per heavy atom. The van der Waals surface area contributed by atoms with Gasteiger partial charge in [-0.25, -0.2) is 23.4 Å². The fourth-order valence-electron chi connectivity index (χ4n) is 3.30. The molecule has 1 aliphatic heterocycles. The third-order valence-electron chi connectivity index (χ3n) is 4.76. The number of halogens is 1. The van der Waals surface area contributed by atoms with Gasteiger partial charge in [0.25, 0.3) is 0 Å². The number of hydrogen-bond acceptors (Lipinski definition) is 7. The summed E-state index contributed by atoms with van der Waals surface area (Å²) in [6.07, 6.45) is 1.71. The molecule has 0 radical (unpaired) electrons. The summed E-state index contributed by atoms with van der Waals surface area (Å²) in [7, 11) is -3.55. The number of benzene rings is 1. The van der Waals surface area contributed by atoms with Crippen LogP contribution in [0.4, 0.5) is 17.5 Å². The average molecular weight is 489 g/mol. The number of pyridine rings is 1. The van der Waals surface area contributed by atoms with Crippen LogP contribution in [0.15, 0.2) is 64.1 Å². The van der Waals surface area contributed by atoms with E-state index in [1.54, 1.807) is 30.5 Å². The SMILES string of the molecule is Cc1nc(Nc2ccccn2)cc(N2CCN(S(=O)(=O)c3ccccc3Br)CC2)n1. The molecule has 0 atom stereocenters. The van der Waals surface area contributed by atoms with Gasteiger partial charge in [-0.15, -0.1) is 0 Å².